The largest absolute Gasteiger partial charge is 0.462 e. The van der Waals surface area contributed by atoms with E-state index in [9.17, 15) is 18.4 Å². The number of rotatable bonds is 3. The first-order chi connectivity index (χ1) is 11.5. The number of ether oxygens (including phenoxy) is 2. The lowest BCUT2D eigenvalue weighted by molar-refractivity contribution is 0.0524. The van der Waals surface area contributed by atoms with Crippen molar-refractivity contribution in [1.29, 1.82) is 0 Å². The maximum Gasteiger partial charge on any atom is 0.343 e. The Labute approximate surface area is 135 Å². The highest BCUT2D eigenvalue weighted by Gasteiger charge is 2.33. The molecule has 1 aromatic carbocycles. The van der Waals surface area contributed by atoms with E-state index in [-0.39, 0.29) is 34.7 Å². The van der Waals surface area contributed by atoms with Crippen molar-refractivity contribution in [2.45, 2.75) is 19.8 Å². The molecule has 124 valence electrons. The zero-order valence-corrected chi connectivity index (χ0v) is 12.8. The minimum Gasteiger partial charge on any atom is -0.462 e. The van der Waals surface area contributed by atoms with Crippen molar-refractivity contribution in [3.8, 4) is 5.75 Å². The van der Waals surface area contributed by atoms with Crippen molar-refractivity contribution in [3.63, 3.8) is 0 Å². The van der Waals surface area contributed by atoms with Gasteiger partial charge in [0, 0.05) is 12.1 Å². The Hall–Kier alpha value is -2.70. The summed E-state index contributed by atoms with van der Waals surface area (Å²) in [7, 11) is 0. The molecule has 1 aliphatic heterocycles. The second-order valence-electron chi connectivity index (χ2n) is 5.79. The molecule has 2 heterocycles. The Kier molecular flexibility index (Phi) is 3.19. The summed E-state index contributed by atoms with van der Waals surface area (Å²) < 4.78 is 39.6. The summed E-state index contributed by atoms with van der Waals surface area (Å²) in [6.07, 6.45) is 4.53. The average molecular weight is 333 g/mol. The van der Waals surface area contributed by atoms with Crippen LogP contribution in [-0.2, 0) is 4.74 Å². The molecule has 1 fully saturated rings. The number of allylic oxidation sites excluding steroid dienone is 1. The summed E-state index contributed by atoms with van der Waals surface area (Å²) in [5.74, 6) is -3.30. The van der Waals surface area contributed by atoms with Crippen LogP contribution in [0.1, 0.15) is 30.1 Å². The molecule has 0 saturated heterocycles. The van der Waals surface area contributed by atoms with Gasteiger partial charge in [-0.05, 0) is 25.8 Å². The standard InChI is InChI=1S/C17H13F2NO4/c1-2-23-17(22)10-6-20-12(8-3-4-8)7-24-16-13(19)11(18)5-9(14(16)20)15(10)21/h5-8H,2-4H2,1H3. The molecule has 0 unspecified atom stereocenters. The number of esters is 1. The number of hydrogen-bond acceptors (Lipinski definition) is 4. The molecule has 2 aromatic rings. The normalized spacial score (nSPS) is 15.9. The van der Waals surface area contributed by atoms with E-state index < -0.39 is 23.0 Å². The highest BCUT2D eigenvalue weighted by molar-refractivity contribution is 5.97. The van der Waals surface area contributed by atoms with Gasteiger partial charge in [0.05, 0.1) is 17.7 Å². The first kappa shape index (κ1) is 14.9. The van der Waals surface area contributed by atoms with E-state index in [0.29, 0.717) is 5.70 Å². The monoisotopic (exact) mass is 333 g/mol. The highest BCUT2D eigenvalue weighted by atomic mass is 19.2. The lowest BCUT2D eigenvalue weighted by Crippen LogP contribution is -2.23. The molecule has 7 heteroatoms. The lowest BCUT2D eigenvalue weighted by Gasteiger charge is -2.22. The maximum absolute atomic E-state index is 14.1. The minimum absolute atomic E-state index is 0.105. The zero-order chi connectivity index (χ0) is 17.0. The second kappa shape index (κ2) is 5.15. The van der Waals surface area contributed by atoms with Crippen molar-refractivity contribution in [3.05, 3.63) is 45.9 Å². The molecule has 0 amide bonds. The first-order valence-electron chi connectivity index (χ1n) is 7.64. The van der Waals surface area contributed by atoms with E-state index in [2.05, 4.69) is 0 Å². The van der Waals surface area contributed by atoms with Crippen molar-refractivity contribution in [2.24, 2.45) is 5.92 Å². The van der Waals surface area contributed by atoms with Crippen molar-refractivity contribution in [2.75, 3.05) is 6.61 Å². The molecule has 4 rings (SSSR count). The fraction of sp³-hybridized carbons (Fsp3) is 0.294. The molecule has 0 atom stereocenters. The van der Waals surface area contributed by atoms with E-state index in [0.717, 1.165) is 18.9 Å². The van der Waals surface area contributed by atoms with Crippen LogP contribution >= 0.6 is 0 Å². The topological polar surface area (TPSA) is 57.5 Å². The van der Waals surface area contributed by atoms with Crippen LogP contribution in [0.25, 0.3) is 16.6 Å². The van der Waals surface area contributed by atoms with Gasteiger partial charge in [-0.3, -0.25) is 4.79 Å². The predicted molar refractivity (Wildman–Crippen MR) is 81.7 cm³/mol. The third-order valence-corrected chi connectivity index (χ3v) is 4.21. The van der Waals surface area contributed by atoms with E-state index in [1.807, 2.05) is 0 Å². The molecule has 2 aliphatic rings. The van der Waals surface area contributed by atoms with Gasteiger partial charge >= 0.3 is 5.97 Å². The van der Waals surface area contributed by atoms with E-state index >= 15 is 0 Å². The minimum atomic E-state index is -1.20. The Morgan fingerprint density at radius 3 is 2.83 bits per heavy atom. The van der Waals surface area contributed by atoms with Gasteiger partial charge in [-0.1, -0.05) is 0 Å². The third-order valence-electron chi connectivity index (χ3n) is 4.21. The van der Waals surface area contributed by atoms with Gasteiger partial charge in [-0.2, -0.15) is 4.39 Å². The summed E-state index contributed by atoms with van der Waals surface area (Å²) in [5.41, 5.74) is -0.0735. The quantitative estimate of drug-likeness (QED) is 0.810. The maximum atomic E-state index is 14.1. The van der Waals surface area contributed by atoms with Gasteiger partial charge in [0.1, 0.15) is 17.3 Å². The third kappa shape index (κ3) is 2.04. The van der Waals surface area contributed by atoms with Crippen LogP contribution in [0.4, 0.5) is 8.78 Å². The fourth-order valence-corrected chi connectivity index (χ4v) is 2.92. The van der Waals surface area contributed by atoms with Gasteiger partial charge < -0.3 is 14.0 Å². The molecule has 0 spiro atoms. The number of aromatic nitrogens is 1. The van der Waals surface area contributed by atoms with Gasteiger partial charge in [0.25, 0.3) is 0 Å². The average Bonchev–Trinajstić information content (AvgIpc) is 3.39. The van der Waals surface area contributed by atoms with Crippen LogP contribution in [0, 0.1) is 17.6 Å². The molecule has 0 radical (unpaired) electrons. The number of halogens is 2. The van der Waals surface area contributed by atoms with E-state index in [1.165, 1.54) is 12.5 Å². The summed E-state index contributed by atoms with van der Waals surface area (Å²) >= 11 is 0. The summed E-state index contributed by atoms with van der Waals surface area (Å²) in [6.45, 7) is 1.73. The van der Waals surface area contributed by atoms with Gasteiger partial charge in [0.15, 0.2) is 11.6 Å². The number of carbonyl (C=O) groups excluding carboxylic acids is 1. The summed E-state index contributed by atoms with van der Waals surface area (Å²) in [4.78, 5) is 24.6. The number of carbonyl (C=O) groups is 1. The van der Waals surface area contributed by atoms with Crippen LogP contribution in [0.5, 0.6) is 5.75 Å². The van der Waals surface area contributed by atoms with E-state index in [1.54, 1.807) is 11.5 Å². The molecular weight excluding hydrogens is 320 g/mol. The Morgan fingerprint density at radius 1 is 1.42 bits per heavy atom. The van der Waals surface area contributed by atoms with Crippen LogP contribution in [0.2, 0.25) is 0 Å². The second-order valence-corrected chi connectivity index (χ2v) is 5.79. The van der Waals surface area contributed by atoms with Crippen LogP contribution in [0.3, 0.4) is 0 Å². The first-order valence-corrected chi connectivity index (χ1v) is 7.64. The van der Waals surface area contributed by atoms with Crippen molar-refractivity contribution < 1.29 is 23.0 Å². The molecule has 0 N–H and O–H groups in total. The molecular formula is C17H13F2NO4. The predicted octanol–water partition coefficient (Wildman–Crippen LogP) is 3.06. The molecule has 24 heavy (non-hydrogen) atoms. The molecule has 1 saturated carbocycles. The highest BCUT2D eigenvalue weighted by Crippen LogP contribution is 2.44. The molecule has 0 bridgehead atoms. The van der Waals surface area contributed by atoms with Crippen molar-refractivity contribution in [1.82, 2.24) is 4.57 Å². The summed E-state index contributed by atoms with van der Waals surface area (Å²) in [5, 5.41) is -0.110. The van der Waals surface area contributed by atoms with Gasteiger partial charge in [0.2, 0.25) is 11.2 Å². The zero-order valence-electron chi connectivity index (χ0n) is 12.8. The summed E-state index contributed by atoms with van der Waals surface area (Å²) in [6, 6.07) is 0.801. The van der Waals surface area contributed by atoms with E-state index in [4.69, 9.17) is 9.47 Å². The van der Waals surface area contributed by atoms with Crippen LogP contribution in [0.15, 0.2) is 23.3 Å². The number of hydrogen-bond donors (Lipinski definition) is 0. The lowest BCUT2D eigenvalue weighted by atomic mass is 10.1. The number of benzene rings is 1. The Morgan fingerprint density at radius 2 is 2.17 bits per heavy atom. The Balaban J connectivity index is 2.08. The number of nitrogens with zero attached hydrogens (tertiary/aromatic N) is 1. The van der Waals surface area contributed by atoms with Gasteiger partial charge in [-0.15, -0.1) is 0 Å². The molecule has 1 aromatic heterocycles. The van der Waals surface area contributed by atoms with Gasteiger partial charge in [-0.25, -0.2) is 9.18 Å². The number of pyridine rings is 1. The Bertz CT molecular complexity index is 973. The van der Waals surface area contributed by atoms with Crippen molar-refractivity contribution >= 4 is 22.6 Å². The molecule has 1 aliphatic carbocycles. The SMILES string of the molecule is CCOC(=O)c1cn2c3c(c(F)c(F)cc3c1=O)OC=C2C1CC1. The van der Waals surface area contributed by atoms with Crippen LogP contribution < -0.4 is 10.2 Å². The molecule has 5 nitrogen and oxygen atoms in total. The smallest absolute Gasteiger partial charge is 0.343 e. The fourth-order valence-electron chi connectivity index (χ4n) is 2.92. The van der Waals surface area contributed by atoms with Crippen LogP contribution in [-0.4, -0.2) is 17.1 Å².